The van der Waals surface area contributed by atoms with Crippen LogP contribution in [0.25, 0.3) is 0 Å². The largest absolute Gasteiger partial charge is 0.507 e. The van der Waals surface area contributed by atoms with Crippen molar-refractivity contribution < 1.29 is 24.2 Å². The molecule has 1 heterocycles. The van der Waals surface area contributed by atoms with E-state index in [-0.39, 0.29) is 30.2 Å². The fourth-order valence-corrected chi connectivity index (χ4v) is 2.98. The van der Waals surface area contributed by atoms with Gasteiger partial charge in [-0.05, 0) is 43.3 Å². The van der Waals surface area contributed by atoms with E-state index in [9.17, 15) is 19.5 Å². The van der Waals surface area contributed by atoms with Gasteiger partial charge >= 0.3 is 0 Å². The molecule has 1 aliphatic rings. The molecule has 0 aliphatic carbocycles. The van der Waals surface area contributed by atoms with Gasteiger partial charge in [-0.3, -0.25) is 25.2 Å². The van der Waals surface area contributed by atoms with Crippen molar-refractivity contribution in [1.82, 2.24) is 10.9 Å². The molecule has 0 unspecified atom stereocenters. The summed E-state index contributed by atoms with van der Waals surface area (Å²) in [6, 6.07) is 13.1. The van der Waals surface area contributed by atoms with E-state index < -0.39 is 17.7 Å². The first-order valence-corrected chi connectivity index (χ1v) is 8.91. The molecule has 146 valence electrons. The van der Waals surface area contributed by atoms with Crippen molar-refractivity contribution in [2.24, 2.45) is 5.92 Å². The second-order valence-corrected chi connectivity index (χ2v) is 6.29. The van der Waals surface area contributed by atoms with Crippen LogP contribution in [0.4, 0.5) is 5.69 Å². The highest BCUT2D eigenvalue weighted by Crippen LogP contribution is 2.27. The fourth-order valence-electron chi connectivity index (χ4n) is 2.98. The Hall–Kier alpha value is -3.55. The normalized spacial score (nSPS) is 16.0. The number of anilines is 1. The van der Waals surface area contributed by atoms with E-state index in [1.165, 1.54) is 17.0 Å². The van der Waals surface area contributed by atoms with Gasteiger partial charge in [0.1, 0.15) is 11.5 Å². The lowest BCUT2D eigenvalue weighted by Crippen LogP contribution is -2.45. The highest BCUT2D eigenvalue weighted by molar-refractivity contribution is 6.01. The number of carbonyl (C=O) groups excluding carboxylic acids is 3. The summed E-state index contributed by atoms with van der Waals surface area (Å²) in [5.41, 5.74) is 5.31. The van der Waals surface area contributed by atoms with Gasteiger partial charge < -0.3 is 14.7 Å². The number of ether oxygens (including phenoxy) is 1. The summed E-state index contributed by atoms with van der Waals surface area (Å²) in [5, 5.41) is 9.67. The third-order valence-electron chi connectivity index (χ3n) is 4.40. The fraction of sp³-hybridized carbons (Fsp3) is 0.250. The molecule has 0 aromatic heterocycles. The summed E-state index contributed by atoms with van der Waals surface area (Å²) in [5.74, 6) is -1.35. The zero-order chi connectivity index (χ0) is 20.1. The summed E-state index contributed by atoms with van der Waals surface area (Å²) in [7, 11) is 0. The second-order valence-electron chi connectivity index (χ2n) is 6.29. The van der Waals surface area contributed by atoms with Crippen LogP contribution in [-0.2, 0) is 9.59 Å². The van der Waals surface area contributed by atoms with Gasteiger partial charge in [0.05, 0.1) is 18.1 Å². The molecule has 0 radical (unpaired) electrons. The minimum Gasteiger partial charge on any atom is -0.507 e. The molecule has 0 saturated carbocycles. The number of aromatic hydroxyl groups is 1. The van der Waals surface area contributed by atoms with E-state index in [0.717, 1.165) is 0 Å². The second kappa shape index (κ2) is 8.43. The average molecular weight is 383 g/mol. The number of nitrogens with one attached hydrogen (secondary N) is 2. The smallest absolute Gasteiger partial charge is 0.273 e. The molecule has 1 aliphatic heterocycles. The van der Waals surface area contributed by atoms with Gasteiger partial charge in [-0.15, -0.1) is 0 Å². The van der Waals surface area contributed by atoms with Gasteiger partial charge in [-0.2, -0.15) is 0 Å². The standard InChI is InChI=1S/C20H21N3O5/c1-2-28-15-9-7-14(8-10-15)23-12-13(11-18(23)25)19(26)21-22-20(27)16-5-3-4-6-17(16)24/h3-10,13,24H,2,11-12H2,1H3,(H,21,26)(H,22,27)/t13-/m0/s1. The summed E-state index contributed by atoms with van der Waals surface area (Å²) >= 11 is 0. The topological polar surface area (TPSA) is 108 Å². The first-order chi connectivity index (χ1) is 13.5. The van der Waals surface area contributed by atoms with E-state index in [4.69, 9.17) is 4.74 Å². The molecule has 3 rings (SSSR count). The van der Waals surface area contributed by atoms with E-state index in [2.05, 4.69) is 10.9 Å². The van der Waals surface area contributed by atoms with E-state index in [0.29, 0.717) is 18.0 Å². The molecular weight excluding hydrogens is 362 g/mol. The first-order valence-electron chi connectivity index (χ1n) is 8.91. The van der Waals surface area contributed by atoms with Crippen LogP contribution in [0.5, 0.6) is 11.5 Å². The van der Waals surface area contributed by atoms with Gasteiger partial charge in [0, 0.05) is 18.7 Å². The summed E-state index contributed by atoms with van der Waals surface area (Å²) in [6.45, 7) is 2.65. The maximum absolute atomic E-state index is 12.3. The molecule has 28 heavy (non-hydrogen) atoms. The van der Waals surface area contributed by atoms with Crippen LogP contribution in [-0.4, -0.2) is 36.0 Å². The van der Waals surface area contributed by atoms with Crippen LogP contribution in [0, 0.1) is 5.92 Å². The number of phenolic OH excluding ortho intramolecular Hbond substituents is 1. The van der Waals surface area contributed by atoms with E-state index >= 15 is 0 Å². The Morgan fingerprint density at radius 1 is 1.14 bits per heavy atom. The first kappa shape index (κ1) is 19.2. The van der Waals surface area contributed by atoms with Gasteiger partial charge in [0.25, 0.3) is 5.91 Å². The van der Waals surface area contributed by atoms with Gasteiger partial charge in [0.2, 0.25) is 11.8 Å². The number of hydrogen-bond acceptors (Lipinski definition) is 5. The van der Waals surface area contributed by atoms with Crippen LogP contribution in [0.1, 0.15) is 23.7 Å². The molecule has 1 saturated heterocycles. The number of para-hydroxylation sites is 1. The Balaban J connectivity index is 1.57. The lowest BCUT2D eigenvalue weighted by molar-refractivity contribution is -0.126. The monoisotopic (exact) mass is 383 g/mol. The van der Waals surface area contributed by atoms with Gasteiger partial charge in [-0.25, -0.2) is 0 Å². The lowest BCUT2D eigenvalue weighted by atomic mass is 10.1. The van der Waals surface area contributed by atoms with Crippen LogP contribution in [0.15, 0.2) is 48.5 Å². The quantitative estimate of drug-likeness (QED) is 0.680. The van der Waals surface area contributed by atoms with Crippen molar-refractivity contribution in [1.29, 1.82) is 0 Å². The third-order valence-corrected chi connectivity index (χ3v) is 4.40. The molecule has 8 heteroatoms. The number of carbonyl (C=O) groups is 3. The third kappa shape index (κ3) is 4.22. The van der Waals surface area contributed by atoms with Crippen molar-refractivity contribution in [2.45, 2.75) is 13.3 Å². The molecule has 1 atom stereocenters. The average Bonchev–Trinajstić information content (AvgIpc) is 3.09. The predicted molar refractivity (Wildman–Crippen MR) is 102 cm³/mol. The van der Waals surface area contributed by atoms with Crippen molar-refractivity contribution in [3.05, 3.63) is 54.1 Å². The molecule has 8 nitrogen and oxygen atoms in total. The number of nitrogens with zero attached hydrogens (tertiary/aromatic N) is 1. The summed E-state index contributed by atoms with van der Waals surface area (Å²) in [4.78, 5) is 38.2. The van der Waals surface area contributed by atoms with E-state index in [1.54, 1.807) is 36.4 Å². The minimum atomic E-state index is -0.640. The Kier molecular flexibility index (Phi) is 5.78. The number of hydrogen-bond donors (Lipinski definition) is 3. The Morgan fingerprint density at radius 2 is 1.86 bits per heavy atom. The summed E-state index contributed by atoms with van der Waals surface area (Å²) < 4.78 is 5.38. The molecule has 0 bridgehead atoms. The highest BCUT2D eigenvalue weighted by Gasteiger charge is 2.35. The van der Waals surface area contributed by atoms with Crippen LogP contribution >= 0.6 is 0 Å². The molecule has 2 aromatic rings. The van der Waals surface area contributed by atoms with Gasteiger partial charge in [0.15, 0.2) is 0 Å². The zero-order valence-corrected chi connectivity index (χ0v) is 15.3. The maximum atomic E-state index is 12.3. The molecule has 3 amide bonds. The zero-order valence-electron chi connectivity index (χ0n) is 15.3. The number of hydrazine groups is 1. The predicted octanol–water partition coefficient (Wildman–Crippen LogP) is 1.60. The number of rotatable bonds is 5. The lowest BCUT2D eigenvalue weighted by Gasteiger charge is -2.17. The number of phenols is 1. The molecule has 3 N–H and O–H groups in total. The Bertz CT molecular complexity index is 882. The van der Waals surface area contributed by atoms with Crippen LogP contribution < -0.4 is 20.5 Å². The molecule has 0 spiro atoms. The summed E-state index contributed by atoms with van der Waals surface area (Å²) in [6.07, 6.45) is 0.0471. The van der Waals surface area contributed by atoms with Crippen molar-refractivity contribution in [2.75, 3.05) is 18.1 Å². The molecule has 2 aromatic carbocycles. The minimum absolute atomic E-state index is 0.0429. The highest BCUT2D eigenvalue weighted by atomic mass is 16.5. The molecule has 1 fully saturated rings. The van der Waals surface area contributed by atoms with Crippen LogP contribution in [0.2, 0.25) is 0 Å². The number of benzene rings is 2. The van der Waals surface area contributed by atoms with E-state index in [1.807, 2.05) is 6.92 Å². The number of amides is 3. The van der Waals surface area contributed by atoms with Crippen molar-refractivity contribution >= 4 is 23.4 Å². The SMILES string of the molecule is CCOc1ccc(N2C[C@@H](C(=O)NNC(=O)c3ccccc3O)CC2=O)cc1. The maximum Gasteiger partial charge on any atom is 0.273 e. The van der Waals surface area contributed by atoms with Crippen LogP contribution in [0.3, 0.4) is 0 Å². The molecular formula is C20H21N3O5. The Labute approximate surface area is 162 Å². The Morgan fingerprint density at radius 3 is 2.54 bits per heavy atom. The van der Waals surface area contributed by atoms with Gasteiger partial charge in [-0.1, -0.05) is 12.1 Å². The van der Waals surface area contributed by atoms with Crippen molar-refractivity contribution in [3.8, 4) is 11.5 Å². The van der Waals surface area contributed by atoms with Crippen molar-refractivity contribution in [3.63, 3.8) is 0 Å².